The Labute approximate surface area is 108 Å². The summed E-state index contributed by atoms with van der Waals surface area (Å²) in [7, 11) is 0. The SMILES string of the molecule is CC1(C)CCN(C(=O)OC(C)(C)C)[C@H](C(=O)O)C1. The highest BCUT2D eigenvalue weighted by atomic mass is 16.6. The number of carboxylic acids is 1. The second-order valence-corrected chi connectivity index (χ2v) is 6.65. The molecule has 1 saturated heterocycles. The third-order valence-corrected chi connectivity index (χ3v) is 3.06. The molecule has 18 heavy (non-hydrogen) atoms. The van der Waals surface area contributed by atoms with Crippen LogP contribution >= 0.6 is 0 Å². The van der Waals surface area contributed by atoms with E-state index >= 15 is 0 Å². The standard InChI is InChI=1S/C13H23NO4/c1-12(2,3)18-11(17)14-7-6-13(4,5)8-9(14)10(15)16/h9H,6-8H2,1-5H3,(H,15,16)/t9-/m0/s1. The number of hydrogen-bond acceptors (Lipinski definition) is 3. The van der Waals surface area contributed by atoms with E-state index in [1.54, 1.807) is 20.8 Å². The molecule has 104 valence electrons. The quantitative estimate of drug-likeness (QED) is 0.783. The van der Waals surface area contributed by atoms with E-state index in [0.29, 0.717) is 13.0 Å². The van der Waals surface area contributed by atoms with Gasteiger partial charge in [0.05, 0.1) is 0 Å². The van der Waals surface area contributed by atoms with Crippen LogP contribution in [0.4, 0.5) is 4.79 Å². The van der Waals surface area contributed by atoms with Gasteiger partial charge in [0.1, 0.15) is 11.6 Å². The maximum Gasteiger partial charge on any atom is 0.411 e. The number of rotatable bonds is 1. The highest BCUT2D eigenvalue weighted by molar-refractivity contribution is 5.80. The number of carbonyl (C=O) groups excluding carboxylic acids is 1. The van der Waals surface area contributed by atoms with Crippen LogP contribution in [0.5, 0.6) is 0 Å². The number of hydrogen-bond donors (Lipinski definition) is 1. The van der Waals surface area contributed by atoms with Crippen molar-refractivity contribution in [2.45, 2.75) is 59.1 Å². The van der Waals surface area contributed by atoms with Crippen LogP contribution in [0.1, 0.15) is 47.5 Å². The van der Waals surface area contributed by atoms with Crippen LogP contribution in [-0.2, 0) is 9.53 Å². The molecular formula is C13H23NO4. The summed E-state index contributed by atoms with van der Waals surface area (Å²) in [5.74, 6) is -0.964. The van der Waals surface area contributed by atoms with Crippen molar-refractivity contribution in [3.05, 3.63) is 0 Å². The molecule has 1 fully saturated rings. The molecule has 0 aromatic carbocycles. The third-order valence-electron chi connectivity index (χ3n) is 3.06. The zero-order valence-corrected chi connectivity index (χ0v) is 11.8. The van der Waals surface area contributed by atoms with Gasteiger partial charge in [-0.3, -0.25) is 4.90 Å². The Morgan fingerprint density at radius 2 is 1.89 bits per heavy atom. The van der Waals surface area contributed by atoms with E-state index in [9.17, 15) is 14.7 Å². The van der Waals surface area contributed by atoms with Gasteiger partial charge in [0.25, 0.3) is 0 Å². The number of piperidine rings is 1. The Hall–Kier alpha value is -1.26. The van der Waals surface area contributed by atoms with Gasteiger partial charge in [-0.2, -0.15) is 0 Å². The number of likely N-dealkylation sites (tertiary alicyclic amines) is 1. The Kier molecular flexibility index (Phi) is 3.93. The van der Waals surface area contributed by atoms with E-state index in [4.69, 9.17) is 4.74 Å². The monoisotopic (exact) mass is 257 g/mol. The summed E-state index contributed by atoms with van der Waals surface area (Å²) in [6.07, 6.45) is 0.711. The molecule has 1 N–H and O–H groups in total. The molecule has 1 rings (SSSR count). The number of ether oxygens (including phenoxy) is 1. The zero-order chi connectivity index (χ0) is 14.1. The molecule has 0 radical (unpaired) electrons. The molecule has 0 saturated carbocycles. The Morgan fingerprint density at radius 3 is 2.33 bits per heavy atom. The fourth-order valence-electron chi connectivity index (χ4n) is 2.07. The fourth-order valence-corrected chi connectivity index (χ4v) is 2.07. The largest absolute Gasteiger partial charge is 0.480 e. The second-order valence-electron chi connectivity index (χ2n) is 6.65. The molecule has 0 spiro atoms. The van der Waals surface area contributed by atoms with Crippen molar-refractivity contribution >= 4 is 12.1 Å². The smallest absolute Gasteiger partial charge is 0.411 e. The minimum absolute atomic E-state index is 0.0540. The van der Waals surface area contributed by atoms with E-state index in [1.165, 1.54) is 4.90 Å². The van der Waals surface area contributed by atoms with Crippen molar-refractivity contribution < 1.29 is 19.4 Å². The summed E-state index contributed by atoms with van der Waals surface area (Å²) in [6, 6.07) is -0.788. The Morgan fingerprint density at radius 1 is 1.33 bits per heavy atom. The topological polar surface area (TPSA) is 66.8 Å². The first-order chi connectivity index (χ1) is 8.02. The molecule has 1 aliphatic rings. The van der Waals surface area contributed by atoms with Crippen molar-refractivity contribution in [2.24, 2.45) is 5.41 Å². The summed E-state index contributed by atoms with van der Waals surface area (Å²) in [5, 5.41) is 9.24. The molecule has 0 aromatic rings. The molecule has 1 aliphatic heterocycles. The van der Waals surface area contributed by atoms with Gasteiger partial charge in [0.2, 0.25) is 0 Å². The molecular weight excluding hydrogens is 234 g/mol. The van der Waals surface area contributed by atoms with Crippen LogP contribution in [0.15, 0.2) is 0 Å². The Bertz CT molecular complexity index is 343. The highest BCUT2D eigenvalue weighted by Crippen LogP contribution is 2.34. The first kappa shape index (κ1) is 14.8. The van der Waals surface area contributed by atoms with Crippen LogP contribution in [0.2, 0.25) is 0 Å². The van der Waals surface area contributed by atoms with Gasteiger partial charge in [-0.1, -0.05) is 13.8 Å². The number of carboxylic acid groups (broad SMARTS) is 1. The lowest BCUT2D eigenvalue weighted by molar-refractivity contribution is -0.146. The predicted octanol–water partition coefficient (Wildman–Crippen LogP) is 2.50. The van der Waals surface area contributed by atoms with Crippen molar-refractivity contribution in [2.75, 3.05) is 6.54 Å². The maximum absolute atomic E-state index is 12.0. The minimum atomic E-state index is -0.964. The van der Waals surface area contributed by atoms with Gasteiger partial charge in [0.15, 0.2) is 0 Å². The number of aliphatic carboxylic acids is 1. The lowest BCUT2D eigenvalue weighted by Gasteiger charge is -2.41. The minimum Gasteiger partial charge on any atom is -0.480 e. The molecule has 0 aliphatic carbocycles. The van der Waals surface area contributed by atoms with Crippen LogP contribution in [0.3, 0.4) is 0 Å². The third kappa shape index (κ3) is 3.89. The average Bonchev–Trinajstić information content (AvgIpc) is 2.12. The average molecular weight is 257 g/mol. The van der Waals surface area contributed by atoms with E-state index in [-0.39, 0.29) is 5.41 Å². The van der Waals surface area contributed by atoms with Gasteiger partial charge in [-0.05, 0) is 39.0 Å². The normalized spacial score (nSPS) is 23.6. The molecule has 5 nitrogen and oxygen atoms in total. The molecule has 0 aromatic heterocycles. The molecule has 1 heterocycles. The van der Waals surface area contributed by atoms with Gasteiger partial charge in [-0.15, -0.1) is 0 Å². The predicted molar refractivity (Wildman–Crippen MR) is 67.4 cm³/mol. The lowest BCUT2D eigenvalue weighted by Crippen LogP contribution is -2.53. The summed E-state index contributed by atoms with van der Waals surface area (Å²) in [4.78, 5) is 24.6. The van der Waals surface area contributed by atoms with Crippen molar-refractivity contribution in [3.8, 4) is 0 Å². The van der Waals surface area contributed by atoms with Crippen LogP contribution < -0.4 is 0 Å². The summed E-state index contributed by atoms with van der Waals surface area (Å²) in [6.45, 7) is 9.79. The molecule has 0 bridgehead atoms. The van der Waals surface area contributed by atoms with E-state index in [2.05, 4.69) is 0 Å². The maximum atomic E-state index is 12.0. The van der Waals surface area contributed by atoms with Crippen LogP contribution in [0.25, 0.3) is 0 Å². The first-order valence-electron chi connectivity index (χ1n) is 6.24. The molecule has 1 amide bonds. The van der Waals surface area contributed by atoms with E-state index < -0.39 is 23.7 Å². The Balaban J connectivity index is 2.81. The van der Waals surface area contributed by atoms with Gasteiger partial charge in [0, 0.05) is 6.54 Å². The van der Waals surface area contributed by atoms with E-state index in [0.717, 1.165) is 6.42 Å². The second kappa shape index (κ2) is 4.78. The van der Waals surface area contributed by atoms with Crippen molar-refractivity contribution in [1.29, 1.82) is 0 Å². The zero-order valence-electron chi connectivity index (χ0n) is 11.8. The molecule has 5 heteroatoms. The molecule has 1 atom stereocenters. The number of nitrogens with zero attached hydrogens (tertiary/aromatic N) is 1. The molecule has 0 unspecified atom stereocenters. The lowest BCUT2D eigenvalue weighted by atomic mass is 9.79. The van der Waals surface area contributed by atoms with Crippen LogP contribution in [-0.4, -0.2) is 40.3 Å². The fraction of sp³-hybridized carbons (Fsp3) is 0.846. The summed E-state index contributed by atoms with van der Waals surface area (Å²) in [5.41, 5.74) is -0.658. The van der Waals surface area contributed by atoms with Crippen molar-refractivity contribution in [3.63, 3.8) is 0 Å². The number of carbonyl (C=O) groups is 2. The highest BCUT2D eigenvalue weighted by Gasteiger charge is 2.41. The summed E-state index contributed by atoms with van der Waals surface area (Å²) < 4.78 is 5.25. The summed E-state index contributed by atoms with van der Waals surface area (Å²) >= 11 is 0. The van der Waals surface area contributed by atoms with E-state index in [1.807, 2.05) is 13.8 Å². The van der Waals surface area contributed by atoms with Gasteiger partial charge >= 0.3 is 12.1 Å². The first-order valence-corrected chi connectivity index (χ1v) is 6.24. The van der Waals surface area contributed by atoms with Crippen LogP contribution in [0, 0.1) is 5.41 Å². The van der Waals surface area contributed by atoms with Crippen molar-refractivity contribution in [1.82, 2.24) is 4.90 Å². The number of amides is 1. The van der Waals surface area contributed by atoms with Gasteiger partial charge < -0.3 is 9.84 Å². The van der Waals surface area contributed by atoms with Gasteiger partial charge in [-0.25, -0.2) is 9.59 Å².